The van der Waals surface area contributed by atoms with Gasteiger partial charge in [0.2, 0.25) is 5.95 Å². The maximum Gasteiger partial charge on any atom is 0.303 e. The van der Waals surface area contributed by atoms with Crippen LogP contribution in [0.1, 0.15) is 23.2 Å². The molecule has 1 N–H and O–H groups in total. The minimum absolute atomic E-state index is 0.129. The zero-order valence-corrected chi connectivity index (χ0v) is 21.9. The summed E-state index contributed by atoms with van der Waals surface area (Å²) in [5.41, 5.74) is 3.84. The molecule has 6 aromatic rings. The molecule has 0 saturated carbocycles. The Bertz CT molecular complexity index is 1880. The van der Waals surface area contributed by atoms with Crippen LogP contribution >= 0.6 is 15.9 Å². The Hall–Kier alpha value is -4.63. The van der Waals surface area contributed by atoms with Gasteiger partial charge in [0.1, 0.15) is 11.6 Å². The molecule has 0 aliphatic heterocycles. The molecule has 0 atom stereocenters. The number of carboxylic acids is 1. The Balaban J connectivity index is 1.58. The van der Waals surface area contributed by atoms with Crippen molar-refractivity contribution < 1.29 is 23.5 Å². The van der Waals surface area contributed by atoms with Gasteiger partial charge in [0.15, 0.2) is 5.78 Å². The SMILES string of the molecule is O=C(O)CCC(=O)c1cn(-c2nc(-c3ccc(F)cc3)c3cc(-c4ccco4)ccc3n2)c2ccc(Br)cc12. The van der Waals surface area contributed by atoms with E-state index in [0.717, 1.165) is 15.4 Å². The largest absolute Gasteiger partial charge is 0.481 e. The van der Waals surface area contributed by atoms with Gasteiger partial charge in [0.05, 0.1) is 29.4 Å². The van der Waals surface area contributed by atoms with Crippen molar-refractivity contribution in [2.24, 2.45) is 0 Å². The van der Waals surface area contributed by atoms with Crippen molar-refractivity contribution in [1.82, 2.24) is 14.5 Å². The highest BCUT2D eigenvalue weighted by atomic mass is 79.9. The highest BCUT2D eigenvalue weighted by Crippen LogP contribution is 2.33. The van der Waals surface area contributed by atoms with Crippen LogP contribution in [0, 0.1) is 5.82 Å². The number of carbonyl (C=O) groups excluding carboxylic acids is 1. The average molecular weight is 584 g/mol. The molecule has 3 aromatic carbocycles. The van der Waals surface area contributed by atoms with E-state index < -0.39 is 5.97 Å². The molecule has 0 bridgehead atoms. The van der Waals surface area contributed by atoms with E-state index in [0.29, 0.717) is 44.9 Å². The van der Waals surface area contributed by atoms with Gasteiger partial charge in [-0.2, -0.15) is 0 Å². The lowest BCUT2D eigenvalue weighted by Gasteiger charge is -2.12. The fourth-order valence-corrected chi connectivity index (χ4v) is 4.95. The molecule has 0 aliphatic carbocycles. The van der Waals surface area contributed by atoms with Gasteiger partial charge in [-0.1, -0.05) is 15.9 Å². The van der Waals surface area contributed by atoms with E-state index >= 15 is 0 Å². The van der Waals surface area contributed by atoms with Crippen molar-refractivity contribution in [3.05, 3.63) is 101 Å². The zero-order valence-electron chi connectivity index (χ0n) is 20.3. The molecule has 0 amide bonds. The molecule has 39 heavy (non-hydrogen) atoms. The molecule has 0 aliphatic rings. The number of nitrogens with zero attached hydrogens (tertiary/aromatic N) is 3. The number of halogens is 2. The van der Waals surface area contributed by atoms with Crippen molar-refractivity contribution in [1.29, 1.82) is 0 Å². The number of hydrogen-bond donors (Lipinski definition) is 1. The molecule has 6 rings (SSSR count). The van der Waals surface area contributed by atoms with E-state index in [4.69, 9.17) is 19.5 Å². The van der Waals surface area contributed by atoms with Gasteiger partial charge in [-0.25, -0.2) is 14.4 Å². The van der Waals surface area contributed by atoms with Crippen LogP contribution in [0.2, 0.25) is 0 Å². The summed E-state index contributed by atoms with van der Waals surface area (Å²) in [6, 6.07) is 21.0. The van der Waals surface area contributed by atoms with Crippen molar-refractivity contribution in [2.75, 3.05) is 0 Å². The van der Waals surface area contributed by atoms with Crippen molar-refractivity contribution in [3.8, 4) is 28.5 Å². The highest BCUT2D eigenvalue weighted by Gasteiger charge is 2.20. The van der Waals surface area contributed by atoms with E-state index in [9.17, 15) is 14.0 Å². The van der Waals surface area contributed by atoms with E-state index in [1.54, 1.807) is 29.2 Å². The third-order valence-corrected chi connectivity index (χ3v) is 6.95. The summed E-state index contributed by atoms with van der Waals surface area (Å²) in [6.07, 6.45) is 2.85. The van der Waals surface area contributed by atoms with E-state index in [1.807, 2.05) is 48.5 Å². The number of furan rings is 1. The number of ketones is 1. The lowest BCUT2D eigenvalue weighted by Crippen LogP contribution is -2.04. The number of fused-ring (bicyclic) bond motifs is 2. The molecule has 7 nitrogen and oxygen atoms in total. The first-order chi connectivity index (χ1) is 18.9. The quantitative estimate of drug-likeness (QED) is 0.196. The number of carboxylic acid groups (broad SMARTS) is 1. The molecule has 3 aromatic heterocycles. The predicted molar refractivity (Wildman–Crippen MR) is 148 cm³/mol. The van der Waals surface area contributed by atoms with Crippen molar-refractivity contribution >= 4 is 49.5 Å². The van der Waals surface area contributed by atoms with Gasteiger partial charge < -0.3 is 9.52 Å². The summed E-state index contributed by atoms with van der Waals surface area (Å²) in [5.74, 6) is -0.680. The lowest BCUT2D eigenvalue weighted by molar-refractivity contribution is -0.136. The standard InChI is InChI=1S/C30H19BrFN3O4/c31-19-6-10-25-21(15-19)23(26(36)11-12-28(37)38)16-35(25)30-33-24-9-5-18(27-2-1-13-39-27)14-22(24)29(34-30)17-3-7-20(32)8-4-17/h1-10,13-16H,11-12H2,(H,37,38). The Labute approximate surface area is 229 Å². The smallest absolute Gasteiger partial charge is 0.303 e. The molecule has 0 spiro atoms. The number of aliphatic carboxylic acids is 1. The Morgan fingerprint density at radius 3 is 2.46 bits per heavy atom. The maximum atomic E-state index is 13.8. The number of rotatable bonds is 7. The van der Waals surface area contributed by atoms with E-state index in [2.05, 4.69) is 15.9 Å². The van der Waals surface area contributed by atoms with Crippen LogP contribution < -0.4 is 0 Å². The molecule has 0 fully saturated rings. The van der Waals surface area contributed by atoms with E-state index in [-0.39, 0.29) is 24.4 Å². The normalized spacial score (nSPS) is 11.3. The number of aromatic nitrogens is 3. The minimum Gasteiger partial charge on any atom is -0.481 e. The topological polar surface area (TPSA) is 98.2 Å². The van der Waals surface area contributed by atoms with Crippen LogP contribution in [0.25, 0.3) is 50.3 Å². The molecule has 0 unspecified atom stereocenters. The second kappa shape index (κ2) is 9.92. The fourth-order valence-electron chi connectivity index (χ4n) is 4.59. The Kier molecular flexibility index (Phi) is 6.28. The van der Waals surface area contributed by atoms with Gasteiger partial charge >= 0.3 is 5.97 Å². The van der Waals surface area contributed by atoms with Crippen LogP contribution in [0.4, 0.5) is 4.39 Å². The summed E-state index contributed by atoms with van der Waals surface area (Å²) in [7, 11) is 0. The third-order valence-electron chi connectivity index (χ3n) is 6.46. The molecular weight excluding hydrogens is 565 g/mol. The average Bonchev–Trinajstić information content (AvgIpc) is 3.60. The van der Waals surface area contributed by atoms with Gasteiger partial charge in [0.25, 0.3) is 0 Å². The van der Waals surface area contributed by atoms with Crippen LogP contribution in [0.5, 0.6) is 0 Å². The predicted octanol–water partition coefficient (Wildman–Crippen LogP) is 7.45. The fraction of sp³-hybridized carbons (Fsp3) is 0.0667. The van der Waals surface area contributed by atoms with Crippen LogP contribution in [0.3, 0.4) is 0 Å². The monoisotopic (exact) mass is 583 g/mol. The van der Waals surface area contributed by atoms with Crippen LogP contribution in [-0.4, -0.2) is 31.4 Å². The van der Waals surface area contributed by atoms with Crippen molar-refractivity contribution in [3.63, 3.8) is 0 Å². The van der Waals surface area contributed by atoms with Gasteiger partial charge in [-0.3, -0.25) is 14.2 Å². The minimum atomic E-state index is -1.04. The van der Waals surface area contributed by atoms with Gasteiger partial charge in [-0.05, 0) is 72.8 Å². The molecule has 3 heterocycles. The summed E-state index contributed by atoms with van der Waals surface area (Å²) in [6.45, 7) is 0. The lowest BCUT2D eigenvalue weighted by atomic mass is 10.0. The van der Waals surface area contributed by atoms with Gasteiger partial charge in [0, 0.05) is 44.6 Å². The first-order valence-corrected chi connectivity index (χ1v) is 12.8. The summed E-state index contributed by atoms with van der Waals surface area (Å²) >= 11 is 3.46. The maximum absolute atomic E-state index is 13.8. The van der Waals surface area contributed by atoms with Gasteiger partial charge in [-0.15, -0.1) is 0 Å². The number of Topliss-reactive ketones (excluding diaryl/α,β-unsaturated/α-hetero) is 1. The Morgan fingerprint density at radius 1 is 0.923 bits per heavy atom. The third kappa shape index (κ3) is 4.72. The van der Waals surface area contributed by atoms with Crippen LogP contribution in [-0.2, 0) is 4.79 Å². The number of hydrogen-bond acceptors (Lipinski definition) is 5. The summed E-state index contributed by atoms with van der Waals surface area (Å²) < 4.78 is 21.9. The molecule has 0 saturated heterocycles. The molecular formula is C30H19BrFN3O4. The summed E-state index contributed by atoms with van der Waals surface area (Å²) in [4.78, 5) is 33.8. The first-order valence-electron chi connectivity index (χ1n) is 12.0. The summed E-state index contributed by atoms with van der Waals surface area (Å²) in [5, 5.41) is 10.5. The first kappa shape index (κ1) is 24.7. The zero-order chi connectivity index (χ0) is 27.1. The molecule has 192 valence electrons. The second-order valence-electron chi connectivity index (χ2n) is 8.98. The number of benzene rings is 3. The highest BCUT2D eigenvalue weighted by molar-refractivity contribution is 9.10. The van der Waals surface area contributed by atoms with E-state index in [1.165, 1.54) is 12.1 Å². The molecule has 0 radical (unpaired) electrons. The van der Waals surface area contributed by atoms with Crippen molar-refractivity contribution in [2.45, 2.75) is 12.8 Å². The Morgan fingerprint density at radius 2 is 1.72 bits per heavy atom. The molecule has 9 heteroatoms. The second-order valence-corrected chi connectivity index (χ2v) is 9.90. The van der Waals surface area contributed by atoms with Crippen LogP contribution in [0.15, 0.2) is 94.1 Å². The number of carbonyl (C=O) groups is 2.